The lowest BCUT2D eigenvalue weighted by atomic mass is 9.70. The van der Waals surface area contributed by atoms with Crippen molar-refractivity contribution in [2.45, 2.75) is 45.1 Å². The Bertz CT molecular complexity index is 591. The zero-order valence-corrected chi connectivity index (χ0v) is 12.6. The van der Waals surface area contributed by atoms with Gasteiger partial charge in [-0.3, -0.25) is 0 Å². The molecule has 1 nitrogen and oxygen atoms in total. The minimum Gasteiger partial charge on any atom is -0.321 e. The van der Waals surface area contributed by atoms with Crippen molar-refractivity contribution >= 4 is 10.8 Å². The predicted octanol–water partition coefficient (Wildman–Crippen LogP) is 4.84. The average Bonchev–Trinajstić information content (AvgIpc) is 2.47. The fourth-order valence-corrected chi connectivity index (χ4v) is 3.61. The van der Waals surface area contributed by atoms with Crippen LogP contribution in [0.15, 0.2) is 42.5 Å². The maximum atomic E-state index is 6.73. The first-order chi connectivity index (χ1) is 9.58. The summed E-state index contributed by atoms with van der Waals surface area (Å²) in [5.74, 6) is 1.64. The van der Waals surface area contributed by atoms with Crippen LogP contribution in [0.5, 0.6) is 0 Å². The molecule has 0 atom stereocenters. The number of hydrogen-bond donors (Lipinski definition) is 1. The van der Waals surface area contributed by atoms with Crippen molar-refractivity contribution in [1.82, 2.24) is 0 Å². The summed E-state index contributed by atoms with van der Waals surface area (Å²) in [5, 5.41) is 2.61. The highest BCUT2D eigenvalue weighted by Gasteiger charge is 2.34. The molecule has 3 rings (SSSR count). The van der Waals surface area contributed by atoms with E-state index in [4.69, 9.17) is 5.73 Å². The Morgan fingerprint density at radius 1 is 1.00 bits per heavy atom. The normalized spacial score (nSPS) is 27.1. The van der Waals surface area contributed by atoms with Crippen molar-refractivity contribution in [2.75, 3.05) is 0 Å². The molecule has 0 amide bonds. The fourth-order valence-electron chi connectivity index (χ4n) is 3.61. The van der Waals surface area contributed by atoms with Gasteiger partial charge in [-0.15, -0.1) is 0 Å². The third kappa shape index (κ3) is 2.47. The van der Waals surface area contributed by atoms with Crippen LogP contribution >= 0.6 is 0 Å². The van der Waals surface area contributed by atoms with Gasteiger partial charge in [0.15, 0.2) is 0 Å². The van der Waals surface area contributed by atoms with Crippen LogP contribution in [-0.2, 0) is 5.54 Å². The fraction of sp³-hybridized carbons (Fsp3) is 0.474. The first-order valence-corrected chi connectivity index (χ1v) is 7.87. The minimum atomic E-state index is -0.116. The summed E-state index contributed by atoms with van der Waals surface area (Å²) in [4.78, 5) is 0. The van der Waals surface area contributed by atoms with E-state index in [0.717, 1.165) is 24.7 Å². The molecule has 2 aromatic carbocycles. The highest BCUT2D eigenvalue weighted by Crippen LogP contribution is 2.40. The minimum absolute atomic E-state index is 0.116. The van der Waals surface area contributed by atoms with Crippen molar-refractivity contribution < 1.29 is 0 Å². The molecule has 20 heavy (non-hydrogen) atoms. The van der Waals surface area contributed by atoms with Crippen LogP contribution in [0, 0.1) is 11.8 Å². The number of rotatable bonds is 2. The van der Waals surface area contributed by atoms with Crippen LogP contribution in [0.4, 0.5) is 0 Å². The molecule has 1 saturated carbocycles. The van der Waals surface area contributed by atoms with E-state index in [1.54, 1.807) is 0 Å². The Morgan fingerprint density at radius 2 is 1.65 bits per heavy atom. The summed E-state index contributed by atoms with van der Waals surface area (Å²) < 4.78 is 0. The first-order valence-electron chi connectivity index (χ1n) is 7.87. The summed E-state index contributed by atoms with van der Waals surface area (Å²) in [6.45, 7) is 4.68. The zero-order chi connectivity index (χ0) is 14.2. The van der Waals surface area contributed by atoms with Gasteiger partial charge >= 0.3 is 0 Å². The number of nitrogens with two attached hydrogens (primary N) is 1. The third-order valence-corrected chi connectivity index (χ3v) is 5.19. The molecule has 2 aromatic rings. The first kappa shape index (κ1) is 13.6. The Morgan fingerprint density at radius 3 is 2.30 bits per heavy atom. The number of benzene rings is 2. The van der Waals surface area contributed by atoms with Gasteiger partial charge in [0.1, 0.15) is 0 Å². The second kappa shape index (κ2) is 5.21. The molecule has 0 saturated heterocycles. The SMILES string of the molecule is CC(C)C1CCC(N)(c2ccc3ccccc3c2)CC1. The largest absolute Gasteiger partial charge is 0.321 e. The molecule has 0 radical (unpaired) electrons. The monoisotopic (exact) mass is 267 g/mol. The lowest BCUT2D eigenvalue weighted by Gasteiger charge is -2.39. The Labute approximate surface area is 122 Å². The van der Waals surface area contributed by atoms with Crippen molar-refractivity contribution in [3.8, 4) is 0 Å². The van der Waals surface area contributed by atoms with E-state index < -0.39 is 0 Å². The van der Waals surface area contributed by atoms with Gasteiger partial charge in [0.2, 0.25) is 0 Å². The molecule has 1 fully saturated rings. The second-order valence-electron chi connectivity index (χ2n) is 6.80. The molecule has 0 aliphatic heterocycles. The van der Waals surface area contributed by atoms with Crippen LogP contribution in [0.3, 0.4) is 0 Å². The summed E-state index contributed by atoms with van der Waals surface area (Å²) in [6.07, 6.45) is 4.77. The Kier molecular flexibility index (Phi) is 3.55. The number of fused-ring (bicyclic) bond motifs is 1. The van der Waals surface area contributed by atoms with E-state index in [2.05, 4.69) is 56.3 Å². The molecule has 0 heterocycles. The van der Waals surface area contributed by atoms with Gasteiger partial charge in [-0.05, 0) is 59.9 Å². The molecule has 0 spiro atoms. The molecular formula is C19H25N. The summed E-state index contributed by atoms with van der Waals surface area (Å²) in [7, 11) is 0. The summed E-state index contributed by atoms with van der Waals surface area (Å²) in [6, 6.07) is 15.3. The van der Waals surface area contributed by atoms with Crippen molar-refractivity contribution in [3.63, 3.8) is 0 Å². The average molecular weight is 267 g/mol. The Balaban J connectivity index is 1.87. The van der Waals surface area contributed by atoms with Gasteiger partial charge in [0, 0.05) is 5.54 Å². The van der Waals surface area contributed by atoms with E-state index in [1.807, 2.05) is 0 Å². The van der Waals surface area contributed by atoms with Crippen LogP contribution in [0.2, 0.25) is 0 Å². The van der Waals surface area contributed by atoms with E-state index in [9.17, 15) is 0 Å². The van der Waals surface area contributed by atoms with Gasteiger partial charge in [0.25, 0.3) is 0 Å². The molecule has 2 N–H and O–H groups in total. The predicted molar refractivity (Wildman–Crippen MR) is 86.6 cm³/mol. The third-order valence-electron chi connectivity index (χ3n) is 5.19. The molecule has 1 aliphatic carbocycles. The van der Waals surface area contributed by atoms with Crippen molar-refractivity contribution in [2.24, 2.45) is 17.6 Å². The molecule has 0 aromatic heterocycles. The van der Waals surface area contributed by atoms with Gasteiger partial charge in [-0.2, -0.15) is 0 Å². The molecule has 0 bridgehead atoms. The van der Waals surface area contributed by atoms with Crippen molar-refractivity contribution in [3.05, 3.63) is 48.0 Å². The lowest BCUT2D eigenvalue weighted by molar-refractivity contribution is 0.196. The van der Waals surface area contributed by atoms with Crippen LogP contribution in [-0.4, -0.2) is 0 Å². The molecule has 0 unspecified atom stereocenters. The lowest BCUT2D eigenvalue weighted by Crippen LogP contribution is -2.41. The van der Waals surface area contributed by atoms with Crippen LogP contribution < -0.4 is 5.73 Å². The van der Waals surface area contributed by atoms with Gasteiger partial charge in [-0.1, -0.05) is 50.2 Å². The standard InChI is InChI=1S/C19H25N/c1-14(2)15-9-11-19(20,12-10-15)18-8-7-16-5-3-4-6-17(16)13-18/h3-8,13-15H,9-12,20H2,1-2H3. The molecule has 106 valence electrons. The van der Waals surface area contributed by atoms with E-state index >= 15 is 0 Å². The van der Waals surface area contributed by atoms with Gasteiger partial charge in [0.05, 0.1) is 0 Å². The van der Waals surface area contributed by atoms with Gasteiger partial charge < -0.3 is 5.73 Å². The van der Waals surface area contributed by atoms with Crippen LogP contribution in [0.1, 0.15) is 45.1 Å². The highest BCUT2D eigenvalue weighted by atomic mass is 14.7. The maximum absolute atomic E-state index is 6.73. The van der Waals surface area contributed by atoms with Crippen molar-refractivity contribution in [1.29, 1.82) is 0 Å². The van der Waals surface area contributed by atoms with Gasteiger partial charge in [-0.25, -0.2) is 0 Å². The summed E-state index contributed by atoms with van der Waals surface area (Å²) >= 11 is 0. The van der Waals surface area contributed by atoms with E-state index in [-0.39, 0.29) is 5.54 Å². The van der Waals surface area contributed by atoms with E-state index in [1.165, 1.54) is 29.2 Å². The quantitative estimate of drug-likeness (QED) is 0.827. The zero-order valence-electron chi connectivity index (χ0n) is 12.6. The summed E-state index contributed by atoms with van der Waals surface area (Å²) in [5.41, 5.74) is 7.94. The van der Waals surface area contributed by atoms with Crippen LogP contribution in [0.25, 0.3) is 10.8 Å². The van der Waals surface area contributed by atoms with E-state index in [0.29, 0.717) is 0 Å². The number of hydrogen-bond acceptors (Lipinski definition) is 1. The molecular weight excluding hydrogens is 242 g/mol. The highest BCUT2D eigenvalue weighted by molar-refractivity contribution is 5.83. The topological polar surface area (TPSA) is 26.0 Å². The molecule has 1 heteroatoms. The molecule has 1 aliphatic rings. The Hall–Kier alpha value is -1.34. The smallest absolute Gasteiger partial charge is 0.0410 e. The maximum Gasteiger partial charge on any atom is 0.0410 e. The second-order valence-corrected chi connectivity index (χ2v) is 6.80.